The number of hydrogen-bond acceptors (Lipinski definition) is 5. The van der Waals surface area contributed by atoms with Crippen LogP contribution < -0.4 is 9.62 Å². The molecule has 0 fully saturated rings. The molecule has 1 aromatic heterocycles. The van der Waals surface area contributed by atoms with Gasteiger partial charge in [-0.25, -0.2) is 17.7 Å². The van der Waals surface area contributed by atoms with Gasteiger partial charge in [-0.2, -0.15) is 0 Å². The predicted molar refractivity (Wildman–Crippen MR) is 143 cm³/mol. The largest absolute Gasteiger partial charge is 0.390 e. The fourth-order valence-corrected chi connectivity index (χ4v) is 6.72. The lowest BCUT2D eigenvalue weighted by Gasteiger charge is -2.36. The molecular formula is C25H24Cl3N3O4S. The lowest BCUT2D eigenvalue weighted by molar-refractivity contribution is 0.0533. The summed E-state index contributed by atoms with van der Waals surface area (Å²) in [6.07, 6.45) is 0.899. The highest BCUT2D eigenvalue weighted by Crippen LogP contribution is 2.37. The lowest BCUT2D eigenvalue weighted by Crippen LogP contribution is -2.42. The number of aromatic nitrogens is 1. The van der Waals surface area contributed by atoms with E-state index < -0.39 is 21.5 Å². The second-order valence-corrected chi connectivity index (χ2v) is 12.4. The van der Waals surface area contributed by atoms with Gasteiger partial charge in [-0.3, -0.25) is 4.79 Å². The maximum atomic E-state index is 13.7. The van der Waals surface area contributed by atoms with Crippen LogP contribution in [0, 0.1) is 5.92 Å². The Labute approximate surface area is 225 Å². The number of anilines is 2. The van der Waals surface area contributed by atoms with Crippen molar-refractivity contribution in [3.8, 4) is 0 Å². The molecule has 1 atom stereocenters. The molecule has 36 heavy (non-hydrogen) atoms. The molecule has 0 unspecified atom stereocenters. The number of benzene rings is 2. The quantitative estimate of drug-likeness (QED) is 0.390. The second kappa shape index (κ2) is 10.2. The maximum absolute atomic E-state index is 13.7. The summed E-state index contributed by atoms with van der Waals surface area (Å²) in [4.78, 5) is 17.4. The summed E-state index contributed by atoms with van der Waals surface area (Å²) in [6, 6.07) is 14.0. The van der Waals surface area contributed by atoms with E-state index in [4.69, 9.17) is 34.8 Å². The highest BCUT2D eigenvalue weighted by Gasteiger charge is 2.36. The van der Waals surface area contributed by atoms with Crippen molar-refractivity contribution in [1.29, 1.82) is 0 Å². The van der Waals surface area contributed by atoms with Gasteiger partial charge in [0.1, 0.15) is 11.6 Å². The molecule has 190 valence electrons. The minimum Gasteiger partial charge on any atom is -0.390 e. The van der Waals surface area contributed by atoms with Gasteiger partial charge in [0.2, 0.25) is 0 Å². The first kappa shape index (κ1) is 26.7. The Bertz CT molecular complexity index is 1400. The Morgan fingerprint density at radius 1 is 1.11 bits per heavy atom. The molecule has 1 amide bonds. The van der Waals surface area contributed by atoms with Crippen molar-refractivity contribution in [2.75, 3.05) is 16.2 Å². The van der Waals surface area contributed by atoms with Crippen LogP contribution >= 0.6 is 34.8 Å². The van der Waals surface area contributed by atoms with E-state index in [0.29, 0.717) is 18.4 Å². The van der Waals surface area contributed by atoms with Gasteiger partial charge in [-0.15, -0.1) is 0 Å². The molecule has 1 aliphatic heterocycles. The summed E-state index contributed by atoms with van der Waals surface area (Å²) in [5, 5.41) is 13.7. The third-order valence-corrected chi connectivity index (χ3v) is 8.35. The van der Waals surface area contributed by atoms with E-state index in [9.17, 15) is 18.3 Å². The van der Waals surface area contributed by atoms with E-state index in [1.54, 1.807) is 56.3 Å². The molecule has 0 bridgehead atoms. The summed E-state index contributed by atoms with van der Waals surface area (Å²) >= 11 is 18.4. The fourth-order valence-electron chi connectivity index (χ4n) is 4.32. The fraction of sp³-hybridized carbons (Fsp3) is 0.280. The summed E-state index contributed by atoms with van der Waals surface area (Å²) < 4.78 is 28.6. The van der Waals surface area contributed by atoms with Gasteiger partial charge in [0.15, 0.2) is 0 Å². The zero-order valence-electron chi connectivity index (χ0n) is 19.5. The molecular weight excluding hydrogens is 545 g/mol. The molecule has 7 nitrogen and oxygen atoms in total. The first-order valence-corrected chi connectivity index (χ1v) is 13.7. The van der Waals surface area contributed by atoms with Gasteiger partial charge in [0.25, 0.3) is 15.9 Å². The topological polar surface area (TPSA) is 99.6 Å². The van der Waals surface area contributed by atoms with Crippen LogP contribution in [-0.2, 0) is 16.4 Å². The van der Waals surface area contributed by atoms with Crippen molar-refractivity contribution in [2.24, 2.45) is 5.92 Å². The zero-order valence-corrected chi connectivity index (χ0v) is 22.6. The Morgan fingerprint density at radius 3 is 2.42 bits per heavy atom. The summed E-state index contributed by atoms with van der Waals surface area (Å²) in [7, 11) is -4.05. The first-order valence-electron chi connectivity index (χ1n) is 11.1. The third-order valence-electron chi connectivity index (χ3n) is 5.73. The van der Waals surface area contributed by atoms with Gasteiger partial charge in [0, 0.05) is 11.6 Å². The molecule has 11 heteroatoms. The van der Waals surface area contributed by atoms with Crippen LogP contribution in [0.1, 0.15) is 36.2 Å². The number of sulfonamides is 1. The van der Waals surface area contributed by atoms with E-state index in [-0.39, 0.29) is 49.6 Å². The van der Waals surface area contributed by atoms with Crippen LogP contribution in [0.15, 0.2) is 59.5 Å². The molecule has 3 aromatic rings. The highest BCUT2D eigenvalue weighted by atomic mass is 35.5. The normalized spacial score (nSPS) is 15.9. The van der Waals surface area contributed by atoms with Gasteiger partial charge in [0.05, 0.1) is 26.1 Å². The second-order valence-electron chi connectivity index (χ2n) is 9.31. The Hall–Kier alpha value is -2.36. The number of aliphatic hydroxyl groups is 1. The zero-order chi connectivity index (χ0) is 26.3. The van der Waals surface area contributed by atoms with Crippen LogP contribution in [0.25, 0.3) is 0 Å². The number of nitrogens with zero attached hydrogens (tertiary/aromatic N) is 2. The molecule has 0 radical (unpaired) electrons. The van der Waals surface area contributed by atoms with Gasteiger partial charge >= 0.3 is 0 Å². The summed E-state index contributed by atoms with van der Waals surface area (Å²) in [5.41, 5.74) is -0.215. The Kier molecular flexibility index (Phi) is 7.55. The van der Waals surface area contributed by atoms with Crippen molar-refractivity contribution in [1.82, 2.24) is 4.98 Å². The van der Waals surface area contributed by atoms with E-state index in [0.717, 1.165) is 0 Å². The minimum atomic E-state index is -4.05. The smallest absolute Gasteiger partial charge is 0.265 e. The van der Waals surface area contributed by atoms with Gasteiger partial charge in [-0.1, -0.05) is 53.0 Å². The number of amides is 1. The molecule has 0 spiro atoms. The van der Waals surface area contributed by atoms with Gasteiger partial charge in [-0.05, 0) is 74.6 Å². The lowest BCUT2D eigenvalue weighted by atomic mass is 9.86. The molecule has 0 saturated heterocycles. The van der Waals surface area contributed by atoms with Crippen molar-refractivity contribution in [2.45, 2.75) is 37.2 Å². The average Bonchev–Trinajstić information content (AvgIpc) is 2.77. The Balaban J connectivity index is 1.74. The molecule has 2 heterocycles. The molecule has 2 N–H and O–H groups in total. The van der Waals surface area contributed by atoms with Crippen LogP contribution in [0.3, 0.4) is 0 Å². The molecule has 2 aromatic carbocycles. The number of pyridine rings is 1. The van der Waals surface area contributed by atoms with Gasteiger partial charge < -0.3 is 10.4 Å². The van der Waals surface area contributed by atoms with Crippen molar-refractivity contribution in [3.63, 3.8) is 0 Å². The SMILES string of the molecule is CC(C)(O)C[C@@H]1Cc2ccc(NC(=O)c3c(Cl)cccc3Cl)nc2N(S(=O)(=O)c2cccc(Cl)c2)C1. The monoisotopic (exact) mass is 567 g/mol. The van der Waals surface area contributed by atoms with Crippen LogP contribution in [0.4, 0.5) is 11.6 Å². The summed E-state index contributed by atoms with van der Waals surface area (Å²) in [6.45, 7) is 3.48. The van der Waals surface area contributed by atoms with Crippen molar-refractivity contribution < 1.29 is 18.3 Å². The number of rotatable bonds is 6. The van der Waals surface area contributed by atoms with E-state index in [1.807, 2.05) is 0 Å². The van der Waals surface area contributed by atoms with E-state index >= 15 is 0 Å². The molecule has 0 aliphatic carbocycles. The van der Waals surface area contributed by atoms with Crippen LogP contribution in [0.5, 0.6) is 0 Å². The Morgan fingerprint density at radius 2 is 1.78 bits per heavy atom. The third kappa shape index (κ3) is 5.79. The molecule has 1 aliphatic rings. The number of fused-ring (bicyclic) bond motifs is 1. The summed E-state index contributed by atoms with van der Waals surface area (Å²) in [5.74, 6) is -0.388. The predicted octanol–water partition coefficient (Wildman–Crippen LogP) is 5.82. The van der Waals surface area contributed by atoms with Crippen molar-refractivity contribution >= 4 is 62.4 Å². The number of halogens is 3. The highest BCUT2D eigenvalue weighted by molar-refractivity contribution is 7.92. The van der Waals surface area contributed by atoms with E-state index in [1.165, 1.54) is 16.4 Å². The number of nitrogens with one attached hydrogen (secondary N) is 1. The van der Waals surface area contributed by atoms with Crippen LogP contribution in [0.2, 0.25) is 15.1 Å². The first-order chi connectivity index (χ1) is 16.8. The standard InChI is InChI=1S/C25H24Cl3N3O4S/c1-25(2,33)13-15-11-16-9-10-21(30-24(32)22-19(27)7-4-8-20(22)28)29-23(16)31(14-15)36(34,35)18-6-3-5-17(26)12-18/h3-10,12,15,33H,11,13-14H2,1-2H3,(H,29,30,32)/t15-/m0/s1. The number of carbonyl (C=O) groups is 1. The van der Waals surface area contributed by atoms with Crippen molar-refractivity contribution in [3.05, 3.63) is 80.8 Å². The number of carbonyl (C=O) groups excluding carboxylic acids is 1. The molecule has 0 saturated carbocycles. The maximum Gasteiger partial charge on any atom is 0.265 e. The minimum absolute atomic E-state index is 0.0175. The van der Waals surface area contributed by atoms with Crippen LogP contribution in [-0.4, -0.2) is 36.6 Å². The molecule has 4 rings (SSSR count). The number of hydrogen-bond donors (Lipinski definition) is 2. The average molecular weight is 569 g/mol. The van der Waals surface area contributed by atoms with E-state index in [2.05, 4.69) is 10.3 Å².